The van der Waals surface area contributed by atoms with E-state index >= 15 is 0 Å². The van der Waals surface area contributed by atoms with Crippen LogP contribution in [0.4, 0.5) is 5.82 Å². The average Bonchev–Trinajstić information content (AvgIpc) is 2.40. The van der Waals surface area contributed by atoms with E-state index in [1.807, 2.05) is 7.05 Å². The van der Waals surface area contributed by atoms with Crippen LogP contribution in [0.2, 0.25) is 0 Å². The van der Waals surface area contributed by atoms with Gasteiger partial charge in [-0.05, 0) is 44.6 Å². The first-order valence-electron chi connectivity index (χ1n) is 7.32. The summed E-state index contributed by atoms with van der Waals surface area (Å²) in [4.78, 5) is 9.65. The van der Waals surface area contributed by atoms with Crippen LogP contribution in [0.1, 0.15) is 24.6 Å². The highest BCUT2D eigenvalue weighted by Gasteiger charge is 2.17. The summed E-state index contributed by atoms with van der Waals surface area (Å²) in [7, 11) is 1.99. The van der Waals surface area contributed by atoms with E-state index in [0.717, 1.165) is 44.2 Å². The molecule has 1 aliphatic heterocycles. The van der Waals surface area contributed by atoms with E-state index in [9.17, 15) is 0 Å². The molecule has 2 heterocycles. The minimum Gasteiger partial charge on any atom is -0.354 e. The van der Waals surface area contributed by atoms with Gasteiger partial charge >= 0.3 is 0 Å². The Morgan fingerprint density at radius 2 is 1.95 bits per heavy atom. The van der Waals surface area contributed by atoms with Gasteiger partial charge in [-0.1, -0.05) is 6.92 Å². The van der Waals surface area contributed by atoms with Crippen molar-refractivity contribution in [1.82, 2.24) is 15.2 Å². The molecule has 0 saturated carbocycles. The summed E-state index contributed by atoms with van der Waals surface area (Å²) in [5.74, 6) is 1.14. The molecular weight excluding hydrogens is 236 g/mol. The summed E-state index contributed by atoms with van der Waals surface area (Å²) in [6.07, 6.45) is 1.25. The monoisotopic (exact) mass is 262 g/mol. The van der Waals surface area contributed by atoms with Crippen LogP contribution in [0.5, 0.6) is 0 Å². The smallest absolute Gasteiger partial charge is 0.129 e. The summed E-state index contributed by atoms with van der Waals surface area (Å²) in [6.45, 7) is 11.0. The van der Waals surface area contributed by atoms with Gasteiger partial charge in [-0.25, -0.2) is 4.98 Å². The minimum atomic E-state index is 0.909. The molecule has 0 atom stereocenters. The van der Waals surface area contributed by atoms with Crippen molar-refractivity contribution in [3.05, 3.63) is 23.4 Å². The fourth-order valence-electron chi connectivity index (χ4n) is 2.71. The number of anilines is 1. The molecule has 106 valence electrons. The van der Waals surface area contributed by atoms with E-state index < -0.39 is 0 Å². The lowest BCUT2D eigenvalue weighted by atomic mass is 10.2. The Hall–Kier alpha value is -1.13. The van der Waals surface area contributed by atoms with Gasteiger partial charge in [0.2, 0.25) is 0 Å². The molecule has 1 fully saturated rings. The molecule has 1 aromatic heterocycles. The third-order valence-electron chi connectivity index (χ3n) is 3.62. The number of hydrogen-bond donors (Lipinski definition) is 1. The van der Waals surface area contributed by atoms with Gasteiger partial charge in [-0.15, -0.1) is 0 Å². The summed E-state index contributed by atoms with van der Waals surface area (Å²) < 4.78 is 0. The maximum absolute atomic E-state index is 4.69. The average molecular weight is 262 g/mol. The van der Waals surface area contributed by atoms with Gasteiger partial charge in [0, 0.05) is 38.4 Å². The molecule has 0 bridgehead atoms. The first-order chi connectivity index (χ1) is 9.22. The highest BCUT2D eigenvalue weighted by Crippen LogP contribution is 2.17. The number of piperazine rings is 1. The Labute approximate surface area is 116 Å². The van der Waals surface area contributed by atoms with Crippen LogP contribution in [0.3, 0.4) is 0 Å². The predicted octanol–water partition coefficient (Wildman–Crippen LogP) is 1.64. The van der Waals surface area contributed by atoms with Gasteiger partial charge < -0.3 is 10.2 Å². The normalized spacial score (nSPS) is 16.9. The molecule has 0 aromatic carbocycles. The maximum atomic E-state index is 4.69. The van der Waals surface area contributed by atoms with E-state index in [2.05, 4.69) is 41.1 Å². The zero-order chi connectivity index (χ0) is 13.7. The number of aromatic nitrogens is 1. The molecule has 0 unspecified atom stereocenters. The number of pyridine rings is 1. The van der Waals surface area contributed by atoms with Crippen LogP contribution in [0, 0.1) is 6.92 Å². The van der Waals surface area contributed by atoms with Crippen LogP contribution < -0.4 is 10.2 Å². The van der Waals surface area contributed by atoms with E-state index in [4.69, 9.17) is 4.98 Å². The molecule has 2 rings (SSSR count). The van der Waals surface area contributed by atoms with Gasteiger partial charge in [0.15, 0.2) is 0 Å². The first kappa shape index (κ1) is 14.3. The second-order valence-corrected chi connectivity index (χ2v) is 5.33. The molecular formula is C15H26N4. The van der Waals surface area contributed by atoms with E-state index in [1.165, 1.54) is 18.5 Å². The number of rotatable bonds is 5. The van der Waals surface area contributed by atoms with Crippen molar-refractivity contribution in [2.24, 2.45) is 0 Å². The predicted molar refractivity (Wildman–Crippen MR) is 80.7 cm³/mol. The van der Waals surface area contributed by atoms with Gasteiger partial charge in [0.05, 0.1) is 0 Å². The summed E-state index contributed by atoms with van der Waals surface area (Å²) in [5.41, 5.74) is 2.43. The molecule has 1 N–H and O–H groups in total. The van der Waals surface area contributed by atoms with Gasteiger partial charge in [-0.3, -0.25) is 4.90 Å². The molecule has 1 aliphatic rings. The lowest BCUT2D eigenvalue weighted by Crippen LogP contribution is -2.46. The van der Waals surface area contributed by atoms with Crippen molar-refractivity contribution in [3.63, 3.8) is 0 Å². The Morgan fingerprint density at radius 1 is 1.21 bits per heavy atom. The third-order valence-corrected chi connectivity index (χ3v) is 3.62. The first-order valence-corrected chi connectivity index (χ1v) is 7.32. The van der Waals surface area contributed by atoms with Crippen molar-refractivity contribution in [1.29, 1.82) is 0 Å². The lowest BCUT2D eigenvalue weighted by molar-refractivity contribution is 0.258. The summed E-state index contributed by atoms with van der Waals surface area (Å²) in [5, 5.41) is 3.21. The van der Waals surface area contributed by atoms with Crippen LogP contribution >= 0.6 is 0 Å². The number of hydrogen-bond acceptors (Lipinski definition) is 4. The second kappa shape index (κ2) is 6.87. The zero-order valence-electron chi connectivity index (χ0n) is 12.4. The van der Waals surface area contributed by atoms with E-state index in [-0.39, 0.29) is 0 Å². The molecule has 1 aromatic rings. The Bertz CT molecular complexity index is 397. The summed E-state index contributed by atoms with van der Waals surface area (Å²) >= 11 is 0. The minimum absolute atomic E-state index is 0.909. The molecule has 0 amide bonds. The fourth-order valence-corrected chi connectivity index (χ4v) is 2.71. The SMILES string of the molecule is CCCN1CCN(c2cc(CNC)cc(C)n2)CC1. The van der Waals surface area contributed by atoms with Crippen molar-refractivity contribution in [2.45, 2.75) is 26.8 Å². The largest absolute Gasteiger partial charge is 0.354 e. The second-order valence-electron chi connectivity index (χ2n) is 5.33. The highest BCUT2D eigenvalue weighted by molar-refractivity contribution is 5.43. The highest BCUT2D eigenvalue weighted by atomic mass is 15.3. The van der Waals surface area contributed by atoms with Gasteiger partial charge in [-0.2, -0.15) is 0 Å². The van der Waals surface area contributed by atoms with Crippen LogP contribution in [-0.2, 0) is 6.54 Å². The fraction of sp³-hybridized carbons (Fsp3) is 0.667. The number of aryl methyl sites for hydroxylation is 1. The lowest BCUT2D eigenvalue weighted by Gasteiger charge is -2.35. The van der Waals surface area contributed by atoms with Crippen LogP contribution in [-0.4, -0.2) is 49.7 Å². The molecule has 4 heteroatoms. The number of nitrogens with zero attached hydrogens (tertiary/aromatic N) is 3. The summed E-state index contributed by atoms with van der Waals surface area (Å²) in [6, 6.07) is 4.38. The van der Waals surface area contributed by atoms with E-state index in [1.54, 1.807) is 0 Å². The molecule has 4 nitrogen and oxygen atoms in total. The third kappa shape index (κ3) is 3.91. The molecule has 19 heavy (non-hydrogen) atoms. The quantitative estimate of drug-likeness (QED) is 0.874. The maximum Gasteiger partial charge on any atom is 0.129 e. The van der Waals surface area contributed by atoms with Gasteiger partial charge in [0.1, 0.15) is 5.82 Å². The molecule has 0 radical (unpaired) electrons. The zero-order valence-corrected chi connectivity index (χ0v) is 12.4. The van der Waals surface area contributed by atoms with Crippen molar-refractivity contribution in [2.75, 3.05) is 44.7 Å². The van der Waals surface area contributed by atoms with Crippen molar-refractivity contribution in [3.8, 4) is 0 Å². The Morgan fingerprint density at radius 3 is 2.58 bits per heavy atom. The Balaban J connectivity index is 2.02. The molecule has 0 spiro atoms. The van der Waals surface area contributed by atoms with Gasteiger partial charge in [0.25, 0.3) is 0 Å². The van der Waals surface area contributed by atoms with Crippen molar-refractivity contribution < 1.29 is 0 Å². The topological polar surface area (TPSA) is 31.4 Å². The Kier molecular flexibility index (Phi) is 5.16. The van der Waals surface area contributed by atoms with E-state index in [0.29, 0.717) is 0 Å². The number of nitrogens with one attached hydrogen (secondary N) is 1. The van der Waals surface area contributed by atoms with Crippen LogP contribution in [0.15, 0.2) is 12.1 Å². The molecule has 1 saturated heterocycles. The van der Waals surface area contributed by atoms with Crippen LogP contribution in [0.25, 0.3) is 0 Å². The standard InChI is InChI=1S/C15H26N4/c1-4-5-18-6-8-19(9-7-18)15-11-14(12-16-3)10-13(2)17-15/h10-11,16H,4-9,12H2,1-3H3. The molecule has 0 aliphatic carbocycles. The van der Waals surface area contributed by atoms with Crippen molar-refractivity contribution >= 4 is 5.82 Å².